The van der Waals surface area contributed by atoms with Gasteiger partial charge in [0.1, 0.15) is 0 Å². The lowest BCUT2D eigenvalue weighted by atomic mass is 9.98. The first kappa shape index (κ1) is 14.1. The predicted molar refractivity (Wildman–Crippen MR) is 69.1 cm³/mol. The largest absolute Gasteiger partial charge is 0.416 e. The summed E-state index contributed by atoms with van der Waals surface area (Å²) in [5.74, 6) is 0.431. The van der Waals surface area contributed by atoms with Gasteiger partial charge >= 0.3 is 6.18 Å². The Balaban J connectivity index is 1.93. The Morgan fingerprint density at radius 3 is 2.57 bits per heavy atom. The van der Waals surface area contributed by atoms with E-state index in [1.165, 1.54) is 12.1 Å². The van der Waals surface area contributed by atoms with Gasteiger partial charge in [-0.05, 0) is 31.0 Å². The Labute approximate surface area is 119 Å². The van der Waals surface area contributed by atoms with E-state index >= 15 is 0 Å². The number of benzene rings is 1. The number of hydrogen-bond donors (Lipinski definition) is 1. The summed E-state index contributed by atoms with van der Waals surface area (Å²) >= 11 is 0. The van der Waals surface area contributed by atoms with Crippen LogP contribution >= 0.6 is 0 Å². The molecule has 21 heavy (non-hydrogen) atoms. The van der Waals surface area contributed by atoms with Gasteiger partial charge in [0.2, 0.25) is 0 Å². The monoisotopic (exact) mass is 297 g/mol. The Kier molecular flexibility index (Phi) is 3.24. The third kappa shape index (κ3) is 2.65. The molecule has 1 aliphatic rings. The highest BCUT2D eigenvalue weighted by Crippen LogP contribution is 2.36. The molecule has 1 aromatic carbocycles. The number of rotatable bonds is 2. The maximum Gasteiger partial charge on any atom is 0.416 e. The Morgan fingerprint density at radius 2 is 1.90 bits per heavy atom. The molecular formula is C14H14F3N3O. The first-order valence-corrected chi connectivity index (χ1v) is 6.69. The smallest absolute Gasteiger partial charge is 0.334 e. The Morgan fingerprint density at radius 1 is 1.19 bits per heavy atom. The van der Waals surface area contributed by atoms with Gasteiger partial charge in [0.05, 0.1) is 11.1 Å². The van der Waals surface area contributed by atoms with Gasteiger partial charge in [0, 0.05) is 5.56 Å². The van der Waals surface area contributed by atoms with Crippen molar-refractivity contribution in [2.45, 2.75) is 37.4 Å². The van der Waals surface area contributed by atoms with Gasteiger partial charge in [-0.1, -0.05) is 24.1 Å². The average Bonchev–Trinajstić information content (AvgIpc) is 3.07. The molecular weight excluding hydrogens is 283 g/mol. The molecule has 112 valence electrons. The molecule has 0 bridgehead atoms. The van der Waals surface area contributed by atoms with Crippen molar-refractivity contribution in [3.63, 3.8) is 0 Å². The topological polar surface area (TPSA) is 64.9 Å². The minimum Gasteiger partial charge on any atom is -0.334 e. The zero-order valence-corrected chi connectivity index (χ0v) is 11.2. The van der Waals surface area contributed by atoms with Crippen molar-refractivity contribution in [3.05, 3.63) is 35.7 Å². The molecule has 0 unspecified atom stereocenters. The van der Waals surface area contributed by atoms with Crippen LogP contribution in [0.15, 0.2) is 28.8 Å². The number of aromatic nitrogens is 2. The van der Waals surface area contributed by atoms with Gasteiger partial charge in [0.15, 0.2) is 5.82 Å². The van der Waals surface area contributed by atoms with Crippen LogP contribution in [0, 0.1) is 0 Å². The van der Waals surface area contributed by atoms with E-state index in [-0.39, 0.29) is 11.5 Å². The van der Waals surface area contributed by atoms with E-state index in [4.69, 9.17) is 10.3 Å². The summed E-state index contributed by atoms with van der Waals surface area (Å²) in [6, 6.07) is 4.82. The van der Waals surface area contributed by atoms with Crippen LogP contribution in [-0.2, 0) is 11.7 Å². The molecule has 0 radical (unpaired) electrons. The zero-order valence-electron chi connectivity index (χ0n) is 11.2. The number of alkyl halides is 3. The fraction of sp³-hybridized carbons (Fsp3) is 0.429. The minimum atomic E-state index is -4.40. The molecule has 0 spiro atoms. The zero-order chi connectivity index (χ0) is 15.1. The highest BCUT2D eigenvalue weighted by atomic mass is 19.4. The quantitative estimate of drug-likeness (QED) is 0.921. The van der Waals surface area contributed by atoms with Crippen LogP contribution in [0.25, 0.3) is 11.5 Å². The van der Waals surface area contributed by atoms with Crippen LogP contribution in [-0.4, -0.2) is 10.1 Å². The summed E-state index contributed by atoms with van der Waals surface area (Å²) in [6.45, 7) is 0. The van der Waals surface area contributed by atoms with E-state index in [0.717, 1.165) is 37.8 Å². The van der Waals surface area contributed by atoms with Crippen molar-refractivity contribution >= 4 is 0 Å². The molecule has 0 aliphatic heterocycles. The van der Waals surface area contributed by atoms with Crippen LogP contribution in [0.1, 0.15) is 37.1 Å². The summed E-state index contributed by atoms with van der Waals surface area (Å²) < 4.78 is 43.2. The number of halogens is 3. The maximum absolute atomic E-state index is 12.7. The standard InChI is InChI=1S/C14H14F3N3O/c15-14(16,17)10-5-3-4-9(8-10)11-19-12(20-21-11)13(18)6-1-2-7-13/h3-5,8H,1-2,6-7,18H2. The van der Waals surface area contributed by atoms with Crippen molar-refractivity contribution in [1.29, 1.82) is 0 Å². The lowest BCUT2D eigenvalue weighted by Gasteiger charge is -2.17. The third-order valence-electron chi connectivity index (χ3n) is 3.80. The van der Waals surface area contributed by atoms with Crippen LogP contribution in [0.5, 0.6) is 0 Å². The molecule has 1 heterocycles. The lowest BCUT2D eigenvalue weighted by molar-refractivity contribution is -0.137. The van der Waals surface area contributed by atoms with E-state index in [1.54, 1.807) is 0 Å². The maximum atomic E-state index is 12.7. The van der Waals surface area contributed by atoms with Crippen molar-refractivity contribution in [2.75, 3.05) is 0 Å². The molecule has 2 aromatic rings. The van der Waals surface area contributed by atoms with E-state index in [0.29, 0.717) is 5.82 Å². The third-order valence-corrected chi connectivity index (χ3v) is 3.80. The molecule has 7 heteroatoms. The number of hydrogen-bond acceptors (Lipinski definition) is 4. The van der Waals surface area contributed by atoms with Gasteiger partial charge in [-0.3, -0.25) is 0 Å². The molecule has 3 rings (SSSR count). The second kappa shape index (κ2) is 4.84. The van der Waals surface area contributed by atoms with E-state index in [9.17, 15) is 13.2 Å². The Bertz CT molecular complexity index is 645. The molecule has 1 saturated carbocycles. The highest BCUT2D eigenvalue weighted by Gasteiger charge is 2.36. The number of nitrogens with zero attached hydrogens (tertiary/aromatic N) is 2. The summed E-state index contributed by atoms with van der Waals surface area (Å²) in [7, 11) is 0. The molecule has 0 saturated heterocycles. The normalized spacial score (nSPS) is 18.1. The van der Waals surface area contributed by atoms with E-state index < -0.39 is 17.3 Å². The van der Waals surface area contributed by atoms with Crippen molar-refractivity contribution in [3.8, 4) is 11.5 Å². The van der Waals surface area contributed by atoms with Gasteiger partial charge in [-0.25, -0.2) is 0 Å². The van der Waals surface area contributed by atoms with E-state index in [1.807, 2.05) is 0 Å². The molecule has 0 atom stereocenters. The first-order valence-electron chi connectivity index (χ1n) is 6.69. The van der Waals surface area contributed by atoms with Crippen molar-refractivity contribution in [2.24, 2.45) is 5.73 Å². The fourth-order valence-corrected chi connectivity index (χ4v) is 2.60. The van der Waals surface area contributed by atoms with Gasteiger partial charge in [-0.2, -0.15) is 18.2 Å². The second-order valence-electron chi connectivity index (χ2n) is 5.36. The number of nitrogens with two attached hydrogens (primary N) is 1. The van der Waals surface area contributed by atoms with Crippen LogP contribution in [0.2, 0.25) is 0 Å². The summed E-state index contributed by atoms with van der Waals surface area (Å²) in [5, 5.41) is 3.85. The van der Waals surface area contributed by atoms with Crippen molar-refractivity contribution < 1.29 is 17.7 Å². The van der Waals surface area contributed by atoms with E-state index in [2.05, 4.69) is 10.1 Å². The Hall–Kier alpha value is -1.89. The molecule has 0 amide bonds. The molecule has 4 nitrogen and oxygen atoms in total. The molecule has 1 fully saturated rings. The molecule has 1 aliphatic carbocycles. The second-order valence-corrected chi connectivity index (χ2v) is 5.36. The van der Waals surface area contributed by atoms with Gasteiger partial charge in [0.25, 0.3) is 5.89 Å². The SMILES string of the molecule is NC1(c2noc(-c3cccc(C(F)(F)F)c3)n2)CCCC1. The average molecular weight is 297 g/mol. The van der Waals surface area contributed by atoms with Crippen LogP contribution < -0.4 is 5.73 Å². The van der Waals surface area contributed by atoms with Gasteiger partial charge in [-0.15, -0.1) is 0 Å². The van der Waals surface area contributed by atoms with Gasteiger partial charge < -0.3 is 10.3 Å². The lowest BCUT2D eigenvalue weighted by Crippen LogP contribution is -2.34. The molecule has 2 N–H and O–H groups in total. The fourth-order valence-electron chi connectivity index (χ4n) is 2.60. The van der Waals surface area contributed by atoms with Crippen molar-refractivity contribution in [1.82, 2.24) is 10.1 Å². The van der Waals surface area contributed by atoms with Crippen LogP contribution in [0.3, 0.4) is 0 Å². The highest BCUT2D eigenvalue weighted by molar-refractivity contribution is 5.54. The molecule has 1 aromatic heterocycles. The summed E-state index contributed by atoms with van der Waals surface area (Å²) in [4.78, 5) is 4.19. The first-order chi connectivity index (χ1) is 9.88. The van der Waals surface area contributed by atoms with Crippen LogP contribution in [0.4, 0.5) is 13.2 Å². The summed E-state index contributed by atoms with van der Waals surface area (Å²) in [5.41, 5.74) is 5.08. The minimum absolute atomic E-state index is 0.0628. The summed E-state index contributed by atoms with van der Waals surface area (Å²) in [6.07, 6.45) is -0.906. The predicted octanol–water partition coefficient (Wildman–Crippen LogP) is 3.48.